The summed E-state index contributed by atoms with van der Waals surface area (Å²) < 4.78 is 13.5. The summed E-state index contributed by atoms with van der Waals surface area (Å²) in [4.78, 5) is 12.3. The lowest BCUT2D eigenvalue weighted by Crippen LogP contribution is -2.36. The van der Waals surface area contributed by atoms with Crippen molar-refractivity contribution in [3.8, 4) is 0 Å². The molecule has 6 heteroatoms. The molecule has 2 rings (SSSR count). The molecule has 1 aromatic carbocycles. The normalized spacial score (nSPS) is 17.0. The van der Waals surface area contributed by atoms with E-state index in [-0.39, 0.29) is 0 Å². The van der Waals surface area contributed by atoms with Crippen LogP contribution in [0.5, 0.6) is 0 Å². The minimum atomic E-state index is -0.768. The molecule has 0 aliphatic carbocycles. The number of likely N-dealkylation sites (tertiary alicyclic amines) is 1. The highest BCUT2D eigenvalue weighted by Gasteiger charge is 2.18. The van der Waals surface area contributed by atoms with Crippen LogP contribution in [0.25, 0.3) is 0 Å². The molecule has 1 aromatic rings. The van der Waals surface area contributed by atoms with Gasteiger partial charge in [0.2, 0.25) is 5.82 Å². The van der Waals surface area contributed by atoms with Crippen molar-refractivity contribution >= 4 is 5.69 Å². The van der Waals surface area contributed by atoms with Gasteiger partial charge in [-0.3, -0.25) is 10.1 Å². The molecule has 116 valence electrons. The first-order valence-electron chi connectivity index (χ1n) is 7.46. The van der Waals surface area contributed by atoms with Crippen LogP contribution in [0, 0.1) is 21.8 Å². The molecule has 0 unspecified atom stereocenters. The van der Waals surface area contributed by atoms with Crippen LogP contribution >= 0.6 is 0 Å². The van der Waals surface area contributed by atoms with Crippen LogP contribution in [0.4, 0.5) is 10.1 Å². The van der Waals surface area contributed by atoms with Gasteiger partial charge in [0.05, 0.1) is 4.92 Å². The first-order valence-corrected chi connectivity index (χ1v) is 7.46. The van der Waals surface area contributed by atoms with E-state index in [1.165, 1.54) is 25.0 Å². The predicted octanol–water partition coefficient (Wildman–Crippen LogP) is 2.56. The van der Waals surface area contributed by atoms with Crippen LogP contribution in [-0.4, -0.2) is 36.0 Å². The Bertz CT molecular complexity index is 488. The molecule has 0 saturated carbocycles. The second kappa shape index (κ2) is 7.47. The van der Waals surface area contributed by atoms with E-state index in [9.17, 15) is 14.5 Å². The fraction of sp³-hybridized carbons (Fsp3) is 0.600. The van der Waals surface area contributed by atoms with Crippen LogP contribution in [-0.2, 0) is 6.54 Å². The average molecular weight is 295 g/mol. The van der Waals surface area contributed by atoms with Crippen molar-refractivity contribution < 1.29 is 9.31 Å². The standard InChI is InChI=1S/C15H22FN3O2/c1-2-18-7-5-12(6-8-18)10-17-11-13-3-4-15(19(20)21)14(16)9-13/h3-4,9,12,17H,2,5-8,10-11H2,1H3. The molecule has 21 heavy (non-hydrogen) atoms. The molecule has 0 atom stereocenters. The van der Waals surface area contributed by atoms with E-state index in [1.54, 1.807) is 6.07 Å². The summed E-state index contributed by atoms with van der Waals surface area (Å²) in [6.45, 7) is 7.05. The van der Waals surface area contributed by atoms with Crippen molar-refractivity contribution in [2.24, 2.45) is 5.92 Å². The summed E-state index contributed by atoms with van der Waals surface area (Å²) in [7, 11) is 0. The van der Waals surface area contributed by atoms with E-state index in [1.807, 2.05) is 0 Å². The van der Waals surface area contributed by atoms with Gasteiger partial charge in [-0.1, -0.05) is 13.0 Å². The van der Waals surface area contributed by atoms with Crippen molar-refractivity contribution in [3.05, 3.63) is 39.7 Å². The fourth-order valence-electron chi connectivity index (χ4n) is 2.74. The molecular weight excluding hydrogens is 273 g/mol. The van der Waals surface area contributed by atoms with Gasteiger partial charge in [-0.2, -0.15) is 4.39 Å². The van der Waals surface area contributed by atoms with Gasteiger partial charge in [0, 0.05) is 12.6 Å². The quantitative estimate of drug-likeness (QED) is 0.647. The molecule has 0 amide bonds. The minimum absolute atomic E-state index is 0.467. The van der Waals surface area contributed by atoms with Gasteiger partial charge in [0.15, 0.2) is 0 Å². The Kier molecular flexibility index (Phi) is 5.64. The molecule has 1 aliphatic rings. The Morgan fingerprint density at radius 1 is 1.43 bits per heavy atom. The first kappa shape index (κ1) is 15.9. The van der Waals surface area contributed by atoms with Gasteiger partial charge in [-0.15, -0.1) is 0 Å². The predicted molar refractivity (Wildman–Crippen MR) is 79.6 cm³/mol. The zero-order valence-electron chi connectivity index (χ0n) is 12.3. The lowest BCUT2D eigenvalue weighted by atomic mass is 9.97. The number of rotatable bonds is 6. The van der Waals surface area contributed by atoms with Crippen molar-refractivity contribution in [1.29, 1.82) is 0 Å². The molecule has 0 radical (unpaired) electrons. The topological polar surface area (TPSA) is 58.4 Å². The minimum Gasteiger partial charge on any atom is -0.312 e. The Morgan fingerprint density at radius 3 is 2.71 bits per heavy atom. The number of piperidine rings is 1. The number of nitro groups is 1. The number of nitrogens with one attached hydrogen (secondary N) is 1. The van der Waals surface area contributed by atoms with Crippen molar-refractivity contribution in [3.63, 3.8) is 0 Å². The molecular formula is C15H22FN3O2. The number of benzene rings is 1. The van der Waals surface area contributed by atoms with E-state index >= 15 is 0 Å². The second-order valence-corrected chi connectivity index (χ2v) is 5.55. The third-order valence-electron chi connectivity index (χ3n) is 4.13. The number of nitro benzene ring substituents is 1. The van der Waals surface area contributed by atoms with E-state index in [2.05, 4.69) is 17.1 Å². The fourth-order valence-corrected chi connectivity index (χ4v) is 2.74. The van der Waals surface area contributed by atoms with Crippen molar-refractivity contribution in [1.82, 2.24) is 10.2 Å². The van der Waals surface area contributed by atoms with Crippen LogP contribution < -0.4 is 5.32 Å². The molecule has 1 N–H and O–H groups in total. The molecule has 1 fully saturated rings. The summed E-state index contributed by atoms with van der Waals surface area (Å²) >= 11 is 0. The first-order chi connectivity index (χ1) is 10.1. The Hall–Kier alpha value is -1.53. The Balaban J connectivity index is 1.76. The lowest BCUT2D eigenvalue weighted by Gasteiger charge is -2.31. The monoisotopic (exact) mass is 295 g/mol. The Labute approximate surface area is 124 Å². The van der Waals surface area contributed by atoms with Crippen molar-refractivity contribution in [2.45, 2.75) is 26.3 Å². The third-order valence-corrected chi connectivity index (χ3v) is 4.13. The lowest BCUT2D eigenvalue weighted by molar-refractivity contribution is -0.387. The molecule has 1 saturated heterocycles. The molecule has 0 aromatic heterocycles. The highest BCUT2D eigenvalue weighted by molar-refractivity contribution is 5.34. The maximum absolute atomic E-state index is 13.5. The zero-order chi connectivity index (χ0) is 15.2. The SMILES string of the molecule is CCN1CCC(CNCc2ccc([N+](=O)[O-])c(F)c2)CC1. The molecule has 0 bridgehead atoms. The average Bonchev–Trinajstić information content (AvgIpc) is 2.47. The number of nitrogens with zero attached hydrogens (tertiary/aromatic N) is 2. The second-order valence-electron chi connectivity index (χ2n) is 5.55. The summed E-state index contributed by atoms with van der Waals surface area (Å²) in [5.41, 5.74) is 0.273. The van der Waals surface area contributed by atoms with E-state index in [0.29, 0.717) is 12.5 Å². The smallest absolute Gasteiger partial charge is 0.304 e. The molecule has 1 aliphatic heterocycles. The number of hydrogen-bond donors (Lipinski definition) is 1. The largest absolute Gasteiger partial charge is 0.312 e. The van der Waals surface area contributed by atoms with Gasteiger partial charge in [0.25, 0.3) is 0 Å². The van der Waals surface area contributed by atoms with E-state index < -0.39 is 16.4 Å². The van der Waals surface area contributed by atoms with E-state index in [0.717, 1.165) is 31.7 Å². The molecule has 1 heterocycles. The van der Waals surface area contributed by atoms with Crippen LogP contribution in [0.2, 0.25) is 0 Å². The maximum atomic E-state index is 13.5. The van der Waals surface area contributed by atoms with Crippen LogP contribution in [0.15, 0.2) is 18.2 Å². The van der Waals surface area contributed by atoms with Crippen LogP contribution in [0.1, 0.15) is 25.3 Å². The molecule has 0 spiro atoms. The van der Waals surface area contributed by atoms with Gasteiger partial charge < -0.3 is 10.2 Å². The number of halogens is 1. The number of hydrogen-bond acceptors (Lipinski definition) is 4. The zero-order valence-corrected chi connectivity index (χ0v) is 12.3. The highest BCUT2D eigenvalue weighted by atomic mass is 19.1. The summed E-state index contributed by atoms with van der Waals surface area (Å²) in [6, 6.07) is 4.07. The summed E-state index contributed by atoms with van der Waals surface area (Å²) in [6.07, 6.45) is 2.38. The van der Waals surface area contributed by atoms with Gasteiger partial charge in [0.1, 0.15) is 0 Å². The van der Waals surface area contributed by atoms with E-state index in [4.69, 9.17) is 0 Å². The van der Waals surface area contributed by atoms with Crippen molar-refractivity contribution in [2.75, 3.05) is 26.2 Å². The van der Waals surface area contributed by atoms with Crippen LogP contribution in [0.3, 0.4) is 0 Å². The van der Waals surface area contributed by atoms with Gasteiger partial charge in [-0.25, -0.2) is 0 Å². The molecule has 5 nitrogen and oxygen atoms in total. The maximum Gasteiger partial charge on any atom is 0.304 e. The Morgan fingerprint density at radius 2 is 2.14 bits per heavy atom. The summed E-state index contributed by atoms with van der Waals surface area (Å²) in [5.74, 6) is -0.105. The highest BCUT2D eigenvalue weighted by Crippen LogP contribution is 2.19. The van der Waals surface area contributed by atoms with Gasteiger partial charge >= 0.3 is 5.69 Å². The van der Waals surface area contributed by atoms with Gasteiger partial charge in [-0.05, 0) is 56.6 Å². The summed E-state index contributed by atoms with van der Waals surface area (Å²) in [5, 5.41) is 13.9. The third kappa shape index (κ3) is 4.47.